The molecule has 4 nitrogen and oxygen atoms in total. The summed E-state index contributed by atoms with van der Waals surface area (Å²) in [6.07, 6.45) is 2.25. The normalized spacial score (nSPS) is 11.6. The largest absolute Gasteiger partial charge is 0.462 e. The molecule has 2 aromatic carbocycles. The predicted octanol–water partition coefficient (Wildman–Crippen LogP) is 4.78. The van der Waals surface area contributed by atoms with Gasteiger partial charge < -0.3 is 10.1 Å². The molecule has 0 saturated heterocycles. The first-order valence-electron chi connectivity index (χ1n) is 8.72. The van der Waals surface area contributed by atoms with E-state index in [0.717, 1.165) is 18.4 Å². The molecule has 0 bridgehead atoms. The van der Waals surface area contributed by atoms with Crippen LogP contribution >= 0.6 is 0 Å². The molecule has 0 spiro atoms. The molecule has 1 atom stereocenters. The van der Waals surface area contributed by atoms with Gasteiger partial charge in [0.05, 0.1) is 12.2 Å². The van der Waals surface area contributed by atoms with Gasteiger partial charge in [0.15, 0.2) is 0 Å². The Morgan fingerprint density at radius 1 is 1.04 bits per heavy atom. The molecule has 0 unspecified atom stereocenters. The predicted molar refractivity (Wildman–Crippen MR) is 99.7 cm³/mol. The van der Waals surface area contributed by atoms with Crippen LogP contribution in [0, 0.1) is 0 Å². The molecule has 0 radical (unpaired) electrons. The first-order valence-corrected chi connectivity index (χ1v) is 8.72. The third-order valence-corrected chi connectivity index (χ3v) is 4.00. The first-order chi connectivity index (χ1) is 12.1. The zero-order valence-corrected chi connectivity index (χ0v) is 14.8. The lowest BCUT2D eigenvalue weighted by Crippen LogP contribution is -2.14. The van der Waals surface area contributed by atoms with E-state index in [1.807, 2.05) is 44.2 Å². The molecule has 1 amide bonds. The minimum atomic E-state index is -0.330. The van der Waals surface area contributed by atoms with Crippen molar-refractivity contribution in [1.29, 1.82) is 0 Å². The van der Waals surface area contributed by atoms with Crippen LogP contribution in [0.4, 0.5) is 5.69 Å². The Labute approximate surface area is 149 Å². The van der Waals surface area contributed by atoms with Crippen LogP contribution in [0.3, 0.4) is 0 Å². The highest BCUT2D eigenvalue weighted by Gasteiger charge is 2.12. The highest BCUT2D eigenvalue weighted by Crippen LogP contribution is 2.19. The van der Waals surface area contributed by atoms with Crippen molar-refractivity contribution in [2.24, 2.45) is 0 Å². The van der Waals surface area contributed by atoms with Gasteiger partial charge in [0, 0.05) is 12.1 Å². The van der Waals surface area contributed by atoms with Crippen LogP contribution in [0.2, 0.25) is 0 Å². The smallest absolute Gasteiger partial charge is 0.338 e. The van der Waals surface area contributed by atoms with Crippen molar-refractivity contribution in [3.8, 4) is 0 Å². The maximum Gasteiger partial charge on any atom is 0.338 e. The molecule has 0 aliphatic carbocycles. The number of carbonyl (C=O) groups excluding carboxylic acids is 2. The van der Waals surface area contributed by atoms with Gasteiger partial charge in [0.2, 0.25) is 5.91 Å². The third kappa shape index (κ3) is 6.07. The van der Waals surface area contributed by atoms with E-state index in [4.69, 9.17) is 4.74 Å². The fraction of sp³-hybridized carbons (Fsp3) is 0.333. The van der Waals surface area contributed by atoms with E-state index in [2.05, 4.69) is 5.32 Å². The SMILES string of the molecule is CCCCOC(=O)c1ccc(NC(=O)C[C@@H](C)c2ccccc2)cc1. The van der Waals surface area contributed by atoms with Gasteiger partial charge in [-0.05, 0) is 42.2 Å². The van der Waals surface area contributed by atoms with E-state index in [1.165, 1.54) is 0 Å². The van der Waals surface area contributed by atoms with Crippen LogP contribution in [0.1, 0.15) is 54.9 Å². The zero-order chi connectivity index (χ0) is 18.1. The van der Waals surface area contributed by atoms with Crippen molar-refractivity contribution >= 4 is 17.6 Å². The average molecular weight is 339 g/mol. The van der Waals surface area contributed by atoms with Gasteiger partial charge in [0.25, 0.3) is 0 Å². The topological polar surface area (TPSA) is 55.4 Å². The summed E-state index contributed by atoms with van der Waals surface area (Å²) in [6.45, 7) is 4.51. The van der Waals surface area contributed by atoms with E-state index in [9.17, 15) is 9.59 Å². The van der Waals surface area contributed by atoms with E-state index in [1.54, 1.807) is 24.3 Å². The summed E-state index contributed by atoms with van der Waals surface area (Å²) < 4.78 is 5.16. The number of nitrogens with one attached hydrogen (secondary N) is 1. The number of rotatable bonds is 8. The Bertz CT molecular complexity index is 680. The lowest BCUT2D eigenvalue weighted by Gasteiger charge is -2.12. The van der Waals surface area contributed by atoms with Gasteiger partial charge >= 0.3 is 5.97 Å². The zero-order valence-electron chi connectivity index (χ0n) is 14.8. The second-order valence-corrected chi connectivity index (χ2v) is 6.13. The summed E-state index contributed by atoms with van der Waals surface area (Å²) in [4.78, 5) is 24.0. The summed E-state index contributed by atoms with van der Waals surface area (Å²) in [5.41, 5.74) is 2.31. The van der Waals surface area contributed by atoms with Crippen molar-refractivity contribution in [1.82, 2.24) is 0 Å². The molecule has 25 heavy (non-hydrogen) atoms. The number of ether oxygens (including phenoxy) is 1. The van der Waals surface area contributed by atoms with Gasteiger partial charge in [-0.3, -0.25) is 4.79 Å². The van der Waals surface area contributed by atoms with E-state index < -0.39 is 0 Å². The molecule has 0 saturated carbocycles. The van der Waals surface area contributed by atoms with Gasteiger partial charge in [-0.1, -0.05) is 50.6 Å². The minimum Gasteiger partial charge on any atom is -0.462 e. The lowest BCUT2D eigenvalue weighted by atomic mass is 9.97. The summed E-state index contributed by atoms with van der Waals surface area (Å²) in [6, 6.07) is 16.8. The molecule has 1 N–H and O–H groups in total. The van der Waals surface area contributed by atoms with Gasteiger partial charge in [0.1, 0.15) is 0 Å². The fourth-order valence-corrected chi connectivity index (χ4v) is 2.47. The maximum atomic E-state index is 12.2. The van der Waals surface area contributed by atoms with Crippen molar-refractivity contribution in [3.05, 3.63) is 65.7 Å². The first kappa shape index (κ1) is 18.7. The van der Waals surface area contributed by atoms with Crippen molar-refractivity contribution in [2.45, 2.75) is 39.0 Å². The number of benzene rings is 2. The highest BCUT2D eigenvalue weighted by atomic mass is 16.5. The molecular formula is C21H25NO3. The quantitative estimate of drug-likeness (QED) is 0.556. The van der Waals surface area contributed by atoms with E-state index >= 15 is 0 Å². The summed E-state index contributed by atoms with van der Waals surface area (Å²) >= 11 is 0. The minimum absolute atomic E-state index is 0.0466. The number of carbonyl (C=O) groups is 2. The van der Waals surface area contributed by atoms with Crippen molar-refractivity contribution < 1.29 is 14.3 Å². The number of amides is 1. The van der Waals surface area contributed by atoms with Crippen LogP contribution in [-0.2, 0) is 9.53 Å². The molecule has 132 valence electrons. The standard InChI is InChI=1S/C21H25NO3/c1-3-4-14-25-21(24)18-10-12-19(13-11-18)22-20(23)15-16(2)17-8-6-5-7-9-17/h5-13,16H,3-4,14-15H2,1-2H3,(H,22,23)/t16-/m1/s1. The molecule has 0 aliphatic rings. The van der Waals surface area contributed by atoms with E-state index in [-0.39, 0.29) is 17.8 Å². The van der Waals surface area contributed by atoms with E-state index in [0.29, 0.717) is 24.3 Å². The van der Waals surface area contributed by atoms with Crippen LogP contribution < -0.4 is 5.32 Å². The molecule has 0 aliphatic heterocycles. The lowest BCUT2D eigenvalue weighted by molar-refractivity contribution is -0.116. The number of hydrogen-bond acceptors (Lipinski definition) is 3. The van der Waals surface area contributed by atoms with Crippen molar-refractivity contribution in [3.63, 3.8) is 0 Å². The highest BCUT2D eigenvalue weighted by molar-refractivity contribution is 5.93. The van der Waals surface area contributed by atoms with Gasteiger partial charge in [-0.15, -0.1) is 0 Å². The Hall–Kier alpha value is -2.62. The number of esters is 1. The fourth-order valence-electron chi connectivity index (χ4n) is 2.47. The maximum absolute atomic E-state index is 12.2. The van der Waals surface area contributed by atoms with Crippen LogP contribution in [0.5, 0.6) is 0 Å². The van der Waals surface area contributed by atoms with Crippen molar-refractivity contribution in [2.75, 3.05) is 11.9 Å². The number of unbranched alkanes of at least 4 members (excludes halogenated alkanes) is 1. The van der Waals surface area contributed by atoms with Gasteiger partial charge in [-0.25, -0.2) is 4.79 Å². The molecule has 2 aromatic rings. The van der Waals surface area contributed by atoms with Gasteiger partial charge in [-0.2, -0.15) is 0 Å². The monoisotopic (exact) mass is 339 g/mol. The molecule has 0 fully saturated rings. The summed E-state index contributed by atoms with van der Waals surface area (Å²) in [5, 5.41) is 2.87. The van der Waals surface area contributed by atoms with Crippen LogP contribution in [0.25, 0.3) is 0 Å². The second-order valence-electron chi connectivity index (χ2n) is 6.13. The number of anilines is 1. The molecule has 4 heteroatoms. The average Bonchev–Trinajstić information content (AvgIpc) is 2.63. The second kappa shape index (κ2) is 9.62. The number of hydrogen-bond donors (Lipinski definition) is 1. The Morgan fingerprint density at radius 3 is 2.36 bits per heavy atom. The third-order valence-electron chi connectivity index (χ3n) is 4.00. The Kier molecular flexibility index (Phi) is 7.20. The summed E-state index contributed by atoms with van der Waals surface area (Å²) in [5.74, 6) is -0.229. The van der Waals surface area contributed by atoms with Crippen LogP contribution in [-0.4, -0.2) is 18.5 Å². The molecule has 2 rings (SSSR count). The molecule has 0 aromatic heterocycles. The molecule has 0 heterocycles. The Balaban J connectivity index is 1.86. The Morgan fingerprint density at radius 2 is 1.72 bits per heavy atom. The molecular weight excluding hydrogens is 314 g/mol. The summed E-state index contributed by atoms with van der Waals surface area (Å²) in [7, 11) is 0. The van der Waals surface area contributed by atoms with Crippen LogP contribution in [0.15, 0.2) is 54.6 Å².